The molecule has 0 fully saturated rings. The Morgan fingerprint density at radius 3 is 0.912 bits per heavy atom. The van der Waals surface area contributed by atoms with E-state index < -0.39 is 122 Å². The number of amides is 6. The predicted molar refractivity (Wildman–Crippen MR) is 353 cm³/mol. The minimum absolute atomic E-state index is 0.0403. The predicted octanol–water partition coefficient (Wildman–Crippen LogP) is 4.38. The standard InChI is InChI=1S/3C23H26F2N4O5/c3*1-3-26-16-9-14-11-28(6-7-34-2)23(33)19-21(31)20(30)17(18(16)29(14)19)22(32)27-10-12-4-5-13(24)8-15(12)25/h3*4-5,8,14,16,26,31H,3,6-7,9-11H2,1-2H3,(H,27,32). The molecule has 6 aromatic rings. The summed E-state index contributed by atoms with van der Waals surface area (Å²) in [6, 6.07) is 6.94. The molecule has 9 N–H and O–H groups in total. The molecular formula is C69H78F6N12O15. The van der Waals surface area contributed by atoms with Crippen LogP contribution in [0.4, 0.5) is 26.3 Å². The molecule has 6 atom stereocenters. The summed E-state index contributed by atoms with van der Waals surface area (Å²) < 4.78 is 101. The molecule has 0 saturated heterocycles. The van der Waals surface area contributed by atoms with Crippen LogP contribution in [0.1, 0.15) is 173 Å². The lowest BCUT2D eigenvalue weighted by molar-refractivity contribution is 0.0592. The van der Waals surface area contributed by atoms with Gasteiger partial charge in [0.15, 0.2) is 34.3 Å². The molecular weight excluding hydrogens is 1350 g/mol. The second-order valence-corrected chi connectivity index (χ2v) is 25.0. The molecule has 12 rings (SSSR count). The van der Waals surface area contributed by atoms with E-state index in [1.54, 1.807) is 13.7 Å². The molecule has 6 unspecified atom stereocenters. The molecule has 6 aliphatic heterocycles. The van der Waals surface area contributed by atoms with Crippen molar-refractivity contribution in [1.82, 2.24) is 60.3 Å². The fourth-order valence-electron chi connectivity index (χ4n) is 14.2. The molecule has 0 aliphatic carbocycles. The number of hydrogen-bond acceptors (Lipinski definition) is 18. The Morgan fingerprint density at radius 2 is 0.686 bits per heavy atom. The summed E-state index contributed by atoms with van der Waals surface area (Å²) in [6.07, 6.45) is 1.52. The average molecular weight is 1430 g/mol. The van der Waals surface area contributed by atoms with Gasteiger partial charge in [-0.05, 0) is 57.1 Å². The molecule has 546 valence electrons. The van der Waals surface area contributed by atoms with Crippen LogP contribution in [0.5, 0.6) is 17.2 Å². The van der Waals surface area contributed by atoms with E-state index in [0.29, 0.717) is 133 Å². The van der Waals surface area contributed by atoms with Crippen molar-refractivity contribution in [2.24, 2.45) is 0 Å². The topological polar surface area (TPSA) is 339 Å². The zero-order valence-corrected chi connectivity index (χ0v) is 56.6. The lowest BCUT2D eigenvalue weighted by atomic mass is 10.0. The highest BCUT2D eigenvalue weighted by Crippen LogP contribution is 2.45. The summed E-state index contributed by atoms with van der Waals surface area (Å²) in [4.78, 5) is 123. The van der Waals surface area contributed by atoms with Crippen LogP contribution in [0, 0.1) is 34.9 Å². The zero-order chi connectivity index (χ0) is 73.7. The van der Waals surface area contributed by atoms with Crippen molar-refractivity contribution in [3.63, 3.8) is 0 Å². The molecule has 3 aromatic carbocycles. The normalized spacial score (nSPS) is 18.8. The quantitative estimate of drug-likeness (QED) is 0.0380. The van der Waals surface area contributed by atoms with E-state index in [1.165, 1.54) is 54.2 Å². The van der Waals surface area contributed by atoms with Crippen LogP contribution >= 0.6 is 0 Å². The van der Waals surface area contributed by atoms with E-state index in [0.717, 1.165) is 18.2 Å². The minimum Gasteiger partial charge on any atom is -0.503 e. The number of nitrogens with zero attached hydrogens (tertiary/aromatic N) is 6. The Labute approximate surface area is 579 Å². The first kappa shape index (κ1) is 74.8. The maximum Gasteiger partial charge on any atom is 0.274 e. The number of hydrogen-bond donors (Lipinski definition) is 9. The maximum absolute atomic E-state index is 14.0. The first-order valence-electron chi connectivity index (χ1n) is 33.1. The number of rotatable bonds is 24. The summed E-state index contributed by atoms with van der Waals surface area (Å²) in [7, 11) is 4.55. The van der Waals surface area contributed by atoms with Crippen LogP contribution < -0.4 is 48.2 Å². The van der Waals surface area contributed by atoms with Crippen molar-refractivity contribution in [1.29, 1.82) is 0 Å². The largest absolute Gasteiger partial charge is 0.503 e. The number of aromatic nitrogens is 3. The smallest absolute Gasteiger partial charge is 0.274 e. The highest BCUT2D eigenvalue weighted by atomic mass is 19.2. The van der Waals surface area contributed by atoms with E-state index >= 15 is 0 Å². The van der Waals surface area contributed by atoms with Crippen LogP contribution in [0.3, 0.4) is 0 Å². The van der Waals surface area contributed by atoms with Crippen molar-refractivity contribution in [3.8, 4) is 17.2 Å². The first-order valence-corrected chi connectivity index (χ1v) is 33.1. The third-order valence-corrected chi connectivity index (χ3v) is 18.7. The highest BCUT2D eigenvalue weighted by Gasteiger charge is 2.48. The van der Waals surface area contributed by atoms with E-state index in [2.05, 4.69) is 31.9 Å². The van der Waals surface area contributed by atoms with Crippen molar-refractivity contribution >= 4 is 35.4 Å². The van der Waals surface area contributed by atoms with Gasteiger partial charge in [-0.1, -0.05) is 39.0 Å². The molecule has 9 heterocycles. The monoisotopic (exact) mass is 1430 g/mol. The van der Waals surface area contributed by atoms with Gasteiger partial charge in [-0.2, -0.15) is 0 Å². The van der Waals surface area contributed by atoms with Gasteiger partial charge >= 0.3 is 0 Å². The molecule has 33 heteroatoms. The second-order valence-electron chi connectivity index (χ2n) is 25.0. The van der Waals surface area contributed by atoms with E-state index in [4.69, 9.17) is 14.2 Å². The summed E-state index contributed by atoms with van der Waals surface area (Å²) in [5, 5.41) is 49.4. The third-order valence-electron chi connectivity index (χ3n) is 18.7. The SMILES string of the molecule is CCNC1CC2CN(CCOC)C(=O)c3c(O)c(=O)c(C(=O)NCc4ccc(F)cc4F)c1n32.CCNC1CC2CN(CCOC)C(=O)c3c(O)c(=O)c(C(=O)NCc4ccc(F)cc4F)c1n32.CCNC1CC2CN(CCOC)C(=O)c3c(O)c(=O)c(C(=O)NCc4ccc(F)cc4F)c1n32. The second kappa shape index (κ2) is 31.9. The zero-order valence-electron chi connectivity index (χ0n) is 56.6. The van der Waals surface area contributed by atoms with Crippen molar-refractivity contribution in [3.05, 3.63) is 188 Å². The molecule has 0 bridgehead atoms. The number of nitrogens with one attached hydrogen (secondary N) is 6. The van der Waals surface area contributed by atoms with E-state index in [-0.39, 0.29) is 88.2 Å². The van der Waals surface area contributed by atoms with Crippen molar-refractivity contribution < 1.29 is 84.6 Å². The van der Waals surface area contributed by atoms with Gasteiger partial charge in [-0.15, -0.1) is 0 Å². The van der Waals surface area contributed by atoms with Gasteiger partial charge in [-0.3, -0.25) is 43.2 Å². The fourth-order valence-corrected chi connectivity index (χ4v) is 14.2. The van der Waals surface area contributed by atoms with Gasteiger partial charge < -0.3 is 89.8 Å². The number of halogens is 6. The molecule has 0 spiro atoms. The lowest BCUT2D eigenvalue weighted by Crippen LogP contribution is -2.45. The van der Waals surface area contributed by atoms with Crippen LogP contribution in [-0.2, 0) is 33.8 Å². The summed E-state index contributed by atoms with van der Waals surface area (Å²) in [5.41, 5.74) is -3.14. The van der Waals surface area contributed by atoms with Gasteiger partial charge in [0, 0.05) is 115 Å². The highest BCUT2D eigenvalue weighted by molar-refractivity contribution is 6.03. The molecule has 6 amide bonds. The Morgan fingerprint density at radius 1 is 0.431 bits per heavy atom. The fraction of sp³-hybridized carbons (Fsp3) is 0.435. The number of pyridine rings is 3. The van der Waals surface area contributed by atoms with Crippen LogP contribution in [0.25, 0.3) is 0 Å². The Balaban J connectivity index is 0.000000165. The van der Waals surface area contributed by atoms with Crippen LogP contribution in [0.2, 0.25) is 0 Å². The van der Waals surface area contributed by atoms with Crippen molar-refractivity contribution in [2.75, 3.05) is 100 Å². The number of carbonyl (C=O) groups excluding carboxylic acids is 6. The molecule has 102 heavy (non-hydrogen) atoms. The number of ether oxygens (including phenoxy) is 3. The molecule has 27 nitrogen and oxygen atoms in total. The van der Waals surface area contributed by atoms with Crippen LogP contribution in [0.15, 0.2) is 69.0 Å². The van der Waals surface area contributed by atoms with E-state index in [9.17, 15) is 84.8 Å². The Bertz CT molecular complexity index is 4040. The van der Waals surface area contributed by atoms with Gasteiger partial charge in [0.05, 0.1) is 73.2 Å². The Hall–Kier alpha value is -9.93. The van der Waals surface area contributed by atoms with Gasteiger partial charge in [0.1, 0.15) is 51.6 Å². The van der Waals surface area contributed by atoms with E-state index in [1.807, 2.05) is 20.8 Å². The lowest BCUT2D eigenvalue weighted by Gasteiger charge is -2.34. The Kier molecular flexibility index (Phi) is 23.4. The number of methoxy groups -OCH3 is 3. The number of benzene rings is 3. The summed E-state index contributed by atoms with van der Waals surface area (Å²) in [5.74, 6) is -11.1. The summed E-state index contributed by atoms with van der Waals surface area (Å²) in [6.45, 7) is 9.23. The number of carbonyl (C=O) groups is 6. The van der Waals surface area contributed by atoms with Crippen LogP contribution in [-0.4, -0.2) is 179 Å². The molecule has 0 saturated carbocycles. The van der Waals surface area contributed by atoms with Crippen molar-refractivity contribution in [2.45, 2.75) is 95.9 Å². The average Bonchev–Trinajstić information content (AvgIpc) is 1.53. The first-order chi connectivity index (χ1) is 48.8. The molecule has 3 aromatic heterocycles. The molecule has 0 radical (unpaired) electrons. The van der Waals surface area contributed by atoms with Gasteiger partial charge in [0.2, 0.25) is 16.3 Å². The van der Waals surface area contributed by atoms with Gasteiger partial charge in [0.25, 0.3) is 35.4 Å². The molecule has 6 aliphatic rings. The number of aromatic hydroxyl groups is 3. The minimum atomic E-state index is -0.969. The van der Waals surface area contributed by atoms with Gasteiger partial charge in [-0.25, -0.2) is 26.3 Å². The summed E-state index contributed by atoms with van der Waals surface area (Å²) >= 11 is 0. The third kappa shape index (κ3) is 14.6. The maximum atomic E-state index is 14.0.